The first-order valence-corrected chi connectivity index (χ1v) is 15.2. The SMILES string of the molecule is CCC1(CC(c2ccccc2)C(C)(C)CC(C)(C(=O)OC)C(C)(CC)C(C)(C)C(C)(C(=O)O)C(C)N)CC1(C)C#N. The van der Waals surface area contributed by atoms with Crippen molar-refractivity contribution in [3.63, 3.8) is 0 Å². The van der Waals surface area contributed by atoms with Gasteiger partial charge in [0.25, 0.3) is 0 Å². The molecule has 7 atom stereocenters. The van der Waals surface area contributed by atoms with E-state index in [1.54, 1.807) is 13.8 Å². The van der Waals surface area contributed by atoms with Crippen molar-refractivity contribution in [1.29, 1.82) is 5.26 Å². The van der Waals surface area contributed by atoms with Gasteiger partial charge in [-0.15, -0.1) is 0 Å². The molecule has 2 rings (SSSR count). The maximum Gasteiger partial charge on any atom is 0.312 e. The molecule has 230 valence electrons. The van der Waals surface area contributed by atoms with E-state index in [1.807, 2.05) is 52.8 Å². The van der Waals surface area contributed by atoms with Crippen molar-refractivity contribution < 1.29 is 19.4 Å². The van der Waals surface area contributed by atoms with Gasteiger partial charge in [0.2, 0.25) is 0 Å². The van der Waals surface area contributed by atoms with Gasteiger partial charge < -0.3 is 15.6 Å². The fourth-order valence-electron chi connectivity index (χ4n) is 8.55. The van der Waals surface area contributed by atoms with Crippen LogP contribution in [-0.2, 0) is 14.3 Å². The Kier molecular flexibility index (Phi) is 9.65. The van der Waals surface area contributed by atoms with E-state index in [0.29, 0.717) is 12.8 Å². The molecule has 1 aromatic carbocycles. The number of carboxylic acids is 1. The van der Waals surface area contributed by atoms with Crippen molar-refractivity contribution >= 4 is 11.9 Å². The Bertz CT molecular complexity index is 1150. The normalized spacial score (nSPS) is 26.8. The van der Waals surface area contributed by atoms with Gasteiger partial charge in [-0.2, -0.15) is 5.26 Å². The van der Waals surface area contributed by atoms with Crippen LogP contribution in [0.2, 0.25) is 0 Å². The van der Waals surface area contributed by atoms with Gasteiger partial charge in [0, 0.05) is 6.04 Å². The molecular formula is C35H56N2O4. The number of nitriles is 1. The summed E-state index contributed by atoms with van der Waals surface area (Å²) < 4.78 is 5.55. The quantitative estimate of drug-likeness (QED) is 0.220. The van der Waals surface area contributed by atoms with Crippen molar-refractivity contribution in [2.45, 2.75) is 120 Å². The summed E-state index contributed by atoms with van der Waals surface area (Å²) in [5.41, 5.74) is 2.66. The first-order valence-electron chi connectivity index (χ1n) is 15.2. The summed E-state index contributed by atoms with van der Waals surface area (Å²) in [6.07, 6.45) is 3.64. The predicted molar refractivity (Wildman–Crippen MR) is 165 cm³/mol. The molecular weight excluding hydrogens is 512 g/mol. The Balaban J connectivity index is 2.78. The molecule has 1 aliphatic rings. The number of carboxylic acid groups (broad SMARTS) is 1. The summed E-state index contributed by atoms with van der Waals surface area (Å²) in [5.74, 6) is -1.25. The second kappa shape index (κ2) is 11.4. The van der Waals surface area contributed by atoms with Crippen LogP contribution in [0, 0.1) is 49.2 Å². The number of hydrogen-bond acceptors (Lipinski definition) is 5. The number of methoxy groups -OCH3 is 1. The number of benzene rings is 1. The van der Waals surface area contributed by atoms with Crippen molar-refractivity contribution in [3.05, 3.63) is 35.9 Å². The molecule has 41 heavy (non-hydrogen) atoms. The number of nitrogens with zero attached hydrogens (tertiary/aromatic N) is 1. The highest BCUT2D eigenvalue weighted by molar-refractivity contribution is 5.80. The number of aliphatic carboxylic acids is 1. The highest BCUT2D eigenvalue weighted by Gasteiger charge is 2.68. The molecule has 0 aliphatic heterocycles. The number of carbonyl (C=O) groups is 2. The van der Waals surface area contributed by atoms with Gasteiger partial charge in [-0.1, -0.05) is 78.8 Å². The number of nitrogens with two attached hydrogens (primary N) is 1. The van der Waals surface area contributed by atoms with Crippen LogP contribution in [0.4, 0.5) is 0 Å². The number of esters is 1. The first-order chi connectivity index (χ1) is 18.7. The van der Waals surface area contributed by atoms with E-state index in [0.717, 1.165) is 19.3 Å². The third-order valence-electron chi connectivity index (χ3n) is 12.8. The molecule has 6 heteroatoms. The summed E-state index contributed by atoms with van der Waals surface area (Å²) in [6.45, 7) is 22.1. The van der Waals surface area contributed by atoms with Gasteiger partial charge >= 0.3 is 11.9 Å². The van der Waals surface area contributed by atoms with Crippen molar-refractivity contribution in [1.82, 2.24) is 0 Å². The average Bonchev–Trinajstić information content (AvgIpc) is 3.53. The van der Waals surface area contributed by atoms with Crippen LogP contribution in [0.3, 0.4) is 0 Å². The van der Waals surface area contributed by atoms with Gasteiger partial charge in [-0.05, 0) is 92.9 Å². The fourth-order valence-corrected chi connectivity index (χ4v) is 8.55. The third kappa shape index (κ3) is 5.22. The lowest BCUT2D eigenvalue weighted by molar-refractivity contribution is -0.196. The molecule has 1 saturated carbocycles. The number of ether oxygens (including phenoxy) is 1. The molecule has 0 heterocycles. The Labute approximate surface area is 249 Å². The Hall–Kier alpha value is -2.39. The molecule has 3 N–H and O–H groups in total. The second-order valence-corrected chi connectivity index (χ2v) is 15.0. The second-order valence-electron chi connectivity index (χ2n) is 15.0. The largest absolute Gasteiger partial charge is 0.481 e. The molecule has 0 radical (unpaired) electrons. The Morgan fingerprint density at radius 3 is 2.00 bits per heavy atom. The lowest BCUT2D eigenvalue weighted by Gasteiger charge is -2.61. The summed E-state index contributed by atoms with van der Waals surface area (Å²) >= 11 is 0. The van der Waals surface area contributed by atoms with Gasteiger partial charge in [0.15, 0.2) is 0 Å². The van der Waals surface area contributed by atoms with E-state index in [4.69, 9.17) is 10.5 Å². The van der Waals surface area contributed by atoms with Gasteiger partial charge in [-0.3, -0.25) is 9.59 Å². The molecule has 0 bridgehead atoms. The molecule has 0 spiro atoms. The van der Waals surface area contributed by atoms with Gasteiger partial charge in [0.1, 0.15) is 0 Å². The predicted octanol–water partition coefficient (Wildman–Crippen LogP) is 7.97. The average molecular weight is 569 g/mol. The zero-order chi connectivity index (χ0) is 31.9. The highest BCUT2D eigenvalue weighted by atomic mass is 16.5. The van der Waals surface area contributed by atoms with Crippen molar-refractivity contribution in [2.75, 3.05) is 7.11 Å². The minimum absolute atomic E-state index is 0.0614. The summed E-state index contributed by atoms with van der Waals surface area (Å²) in [5, 5.41) is 20.6. The van der Waals surface area contributed by atoms with Crippen LogP contribution in [0.15, 0.2) is 30.3 Å². The number of hydrogen-bond donors (Lipinski definition) is 2. The smallest absolute Gasteiger partial charge is 0.312 e. The van der Waals surface area contributed by atoms with E-state index in [-0.39, 0.29) is 22.7 Å². The van der Waals surface area contributed by atoms with Crippen LogP contribution in [0.5, 0.6) is 0 Å². The highest BCUT2D eigenvalue weighted by Crippen LogP contribution is 2.71. The maximum absolute atomic E-state index is 14.0. The van der Waals surface area contributed by atoms with E-state index in [2.05, 4.69) is 45.9 Å². The molecule has 1 aliphatic carbocycles. The summed E-state index contributed by atoms with van der Waals surface area (Å²) in [6, 6.07) is 12.3. The molecule has 0 aromatic heterocycles. The zero-order valence-electron chi connectivity index (χ0n) is 27.8. The first kappa shape index (κ1) is 34.8. The van der Waals surface area contributed by atoms with Crippen molar-refractivity contribution in [3.8, 4) is 6.07 Å². The lowest BCUT2D eigenvalue weighted by atomic mass is 9.41. The Morgan fingerprint density at radius 2 is 1.63 bits per heavy atom. The molecule has 1 aromatic rings. The van der Waals surface area contributed by atoms with E-state index >= 15 is 0 Å². The summed E-state index contributed by atoms with van der Waals surface area (Å²) in [4.78, 5) is 26.9. The van der Waals surface area contributed by atoms with Crippen LogP contribution < -0.4 is 5.73 Å². The number of rotatable bonds is 14. The Morgan fingerprint density at radius 1 is 1.10 bits per heavy atom. The minimum Gasteiger partial charge on any atom is -0.481 e. The lowest BCUT2D eigenvalue weighted by Crippen LogP contribution is -2.64. The van der Waals surface area contributed by atoms with E-state index in [1.165, 1.54) is 12.7 Å². The van der Waals surface area contributed by atoms with Gasteiger partial charge in [-0.25, -0.2) is 0 Å². The fraction of sp³-hybridized carbons (Fsp3) is 0.743. The number of carbonyl (C=O) groups excluding carboxylic acids is 1. The van der Waals surface area contributed by atoms with Gasteiger partial charge in [0.05, 0.1) is 29.4 Å². The van der Waals surface area contributed by atoms with Crippen LogP contribution >= 0.6 is 0 Å². The maximum atomic E-state index is 14.0. The summed E-state index contributed by atoms with van der Waals surface area (Å²) in [7, 11) is 1.42. The zero-order valence-corrected chi connectivity index (χ0v) is 27.8. The topological polar surface area (TPSA) is 113 Å². The van der Waals surface area contributed by atoms with Crippen LogP contribution in [0.25, 0.3) is 0 Å². The minimum atomic E-state index is -1.31. The van der Waals surface area contributed by atoms with E-state index < -0.39 is 39.1 Å². The molecule has 6 nitrogen and oxygen atoms in total. The molecule has 0 amide bonds. The van der Waals surface area contributed by atoms with Crippen molar-refractivity contribution in [2.24, 2.45) is 43.6 Å². The third-order valence-corrected chi connectivity index (χ3v) is 12.8. The van der Waals surface area contributed by atoms with Crippen LogP contribution in [-0.4, -0.2) is 30.2 Å². The molecule has 7 unspecified atom stereocenters. The standard InChI is InChI=1S/C35H56N2O4/c1-13-33(10,30(6,7)34(11,24(3)37)27(38)39)32(9,28(40)41-12)21-29(4,5)26(25-18-16-15-17-19-25)20-35(14-2)22-31(35,8)23-36/h15-19,24,26H,13-14,20-22,37H2,1-12H3,(H,38,39). The molecule has 1 fully saturated rings. The van der Waals surface area contributed by atoms with E-state index in [9.17, 15) is 20.0 Å². The van der Waals surface area contributed by atoms with Crippen LogP contribution in [0.1, 0.15) is 120 Å². The monoisotopic (exact) mass is 568 g/mol. The molecule has 0 saturated heterocycles.